The normalized spacial score (nSPS) is 14.7. The van der Waals surface area contributed by atoms with Gasteiger partial charge < -0.3 is 10.2 Å². The third-order valence-electron chi connectivity index (χ3n) is 5.21. The van der Waals surface area contributed by atoms with Crippen molar-refractivity contribution >= 4 is 33.3 Å². The van der Waals surface area contributed by atoms with Gasteiger partial charge in [-0.3, -0.25) is 9.52 Å². The monoisotopic (exact) mass is 455 g/mol. The van der Waals surface area contributed by atoms with Crippen LogP contribution in [0.5, 0.6) is 0 Å². The van der Waals surface area contributed by atoms with Crippen molar-refractivity contribution in [2.75, 3.05) is 28.0 Å². The van der Waals surface area contributed by atoms with Crippen molar-refractivity contribution in [2.45, 2.75) is 17.7 Å². The number of hydrogen-bond donors (Lipinski definition) is 2. The molecule has 0 aliphatic carbocycles. The van der Waals surface area contributed by atoms with E-state index >= 15 is 0 Å². The van der Waals surface area contributed by atoms with E-state index in [0.29, 0.717) is 37.6 Å². The van der Waals surface area contributed by atoms with E-state index in [0.717, 1.165) is 6.07 Å². The number of anilines is 3. The van der Waals surface area contributed by atoms with Crippen molar-refractivity contribution in [3.05, 3.63) is 72.8 Å². The Balaban J connectivity index is 1.34. The largest absolute Gasteiger partial charge is 0.341 e. The van der Waals surface area contributed by atoms with Crippen LogP contribution in [0.1, 0.15) is 12.8 Å². The number of nitrogens with zero attached hydrogens (tertiary/aromatic N) is 3. The Morgan fingerprint density at radius 1 is 0.969 bits per heavy atom. The van der Waals surface area contributed by atoms with Crippen LogP contribution >= 0.6 is 0 Å². The molecule has 32 heavy (non-hydrogen) atoms. The molecule has 0 spiro atoms. The van der Waals surface area contributed by atoms with Crippen LogP contribution in [-0.4, -0.2) is 37.4 Å². The lowest BCUT2D eigenvalue weighted by Gasteiger charge is -2.31. The van der Waals surface area contributed by atoms with Crippen molar-refractivity contribution in [2.24, 2.45) is 5.92 Å². The lowest BCUT2D eigenvalue weighted by Crippen LogP contribution is -2.39. The topological polar surface area (TPSA) is 104 Å². The van der Waals surface area contributed by atoms with Gasteiger partial charge in [-0.1, -0.05) is 6.07 Å². The van der Waals surface area contributed by atoms with E-state index in [1.807, 2.05) is 0 Å². The summed E-state index contributed by atoms with van der Waals surface area (Å²) in [5.74, 6) is -0.125. The number of sulfonamides is 1. The second-order valence-electron chi connectivity index (χ2n) is 7.44. The van der Waals surface area contributed by atoms with Gasteiger partial charge >= 0.3 is 0 Å². The summed E-state index contributed by atoms with van der Waals surface area (Å²) in [5, 5.41) is 2.85. The molecule has 3 aromatic rings. The van der Waals surface area contributed by atoms with E-state index in [1.54, 1.807) is 18.5 Å². The molecule has 1 aliphatic heterocycles. The van der Waals surface area contributed by atoms with Crippen LogP contribution in [-0.2, 0) is 14.8 Å². The second kappa shape index (κ2) is 9.31. The smallest absolute Gasteiger partial charge is 0.261 e. The summed E-state index contributed by atoms with van der Waals surface area (Å²) < 4.78 is 40.6. The SMILES string of the molecule is O=C(Nc1ccc(S(=O)(=O)Nc2cccc(F)c2)cc1)C1CCN(c2ncccn2)CC1. The van der Waals surface area contributed by atoms with Gasteiger partial charge in [-0.2, -0.15) is 0 Å². The first-order chi connectivity index (χ1) is 15.4. The average Bonchev–Trinajstić information content (AvgIpc) is 2.80. The molecule has 1 aromatic heterocycles. The third kappa shape index (κ3) is 5.20. The number of halogens is 1. The van der Waals surface area contributed by atoms with Crippen molar-refractivity contribution in [1.82, 2.24) is 9.97 Å². The van der Waals surface area contributed by atoms with Gasteiger partial charge in [-0.15, -0.1) is 0 Å². The van der Waals surface area contributed by atoms with E-state index in [4.69, 9.17) is 0 Å². The molecular formula is C22H22FN5O3S. The molecule has 0 saturated carbocycles. The molecule has 2 heterocycles. The zero-order valence-electron chi connectivity index (χ0n) is 17.1. The molecule has 166 valence electrons. The molecule has 1 amide bonds. The quantitative estimate of drug-likeness (QED) is 0.591. The van der Waals surface area contributed by atoms with Crippen LogP contribution < -0.4 is 14.9 Å². The van der Waals surface area contributed by atoms with Crippen molar-refractivity contribution in [3.8, 4) is 0 Å². The lowest BCUT2D eigenvalue weighted by atomic mass is 9.96. The predicted molar refractivity (Wildman–Crippen MR) is 119 cm³/mol. The minimum atomic E-state index is -3.88. The number of aromatic nitrogens is 2. The van der Waals surface area contributed by atoms with E-state index in [2.05, 4.69) is 24.9 Å². The van der Waals surface area contributed by atoms with E-state index < -0.39 is 15.8 Å². The summed E-state index contributed by atoms with van der Waals surface area (Å²) in [6.07, 6.45) is 4.74. The molecule has 4 rings (SSSR count). The summed E-state index contributed by atoms with van der Waals surface area (Å²) in [7, 11) is -3.88. The third-order valence-corrected chi connectivity index (χ3v) is 6.61. The maximum absolute atomic E-state index is 13.3. The Labute approximate surface area is 185 Å². The van der Waals surface area contributed by atoms with E-state index in [1.165, 1.54) is 42.5 Å². The highest BCUT2D eigenvalue weighted by atomic mass is 32.2. The van der Waals surface area contributed by atoms with Gasteiger partial charge in [0.05, 0.1) is 10.6 Å². The van der Waals surface area contributed by atoms with Crippen LogP contribution in [0.3, 0.4) is 0 Å². The number of nitrogens with one attached hydrogen (secondary N) is 2. The highest BCUT2D eigenvalue weighted by Crippen LogP contribution is 2.23. The minimum Gasteiger partial charge on any atom is -0.341 e. The van der Waals surface area contributed by atoms with Crippen LogP contribution in [0.2, 0.25) is 0 Å². The Bertz CT molecular complexity index is 1180. The first-order valence-corrected chi connectivity index (χ1v) is 11.6. The minimum absolute atomic E-state index is 0.0101. The predicted octanol–water partition coefficient (Wildman–Crippen LogP) is 3.27. The molecule has 2 N–H and O–H groups in total. The number of hydrogen-bond acceptors (Lipinski definition) is 6. The number of carbonyl (C=O) groups excluding carboxylic acids is 1. The van der Waals surface area contributed by atoms with Gasteiger partial charge in [0, 0.05) is 37.1 Å². The molecular weight excluding hydrogens is 433 g/mol. The number of benzene rings is 2. The highest BCUT2D eigenvalue weighted by Gasteiger charge is 2.26. The van der Waals surface area contributed by atoms with Crippen molar-refractivity contribution in [3.63, 3.8) is 0 Å². The zero-order valence-corrected chi connectivity index (χ0v) is 17.9. The van der Waals surface area contributed by atoms with Crippen molar-refractivity contribution < 1.29 is 17.6 Å². The molecule has 0 radical (unpaired) electrons. The Kier molecular flexibility index (Phi) is 6.31. The fourth-order valence-electron chi connectivity index (χ4n) is 3.52. The van der Waals surface area contributed by atoms with Gasteiger partial charge in [-0.25, -0.2) is 22.8 Å². The van der Waals surface area contributed by atoms with Crippen LogP contribution in [0.25, 0.3) is 0 Å². The molecule has 1 saturated heterocycles. The van der Waals surface area contributed by atoms with E-state index in [9.17, 15) is 17.6 Å². The first kappa shape index (κ1) is 21.7. The van der Waals surface area contributed by atoms with Gasteiger partial charge in [-0.05, 0) is 61.4 Å². The summed E-state index contributed by atoms with van der Waals surface area (Å²) in [6.45, 7) is 1.37. The Morgan fingerprint density at radius 3 is 2.31 bits per heavy atom. The van der Waals surface area contributed by atoms with E-state index in [-0.39, 0.29) is 22.4 Å². The van der Waals surface area contributed by atoms with Crippen molar-refractivity contribution in [1.29, 1.82) is 0 Å². The summed E-state index contributed by atoms with van der Waals surface area (Å²) in [6, 6.07) is 12.8. The van der Waals surface area contributed by atoms with Crippen LogP contribution in [0.15, 0.2) is 71.9 Å². The Morgan fingerprint density at radius 2 is 1.66 bits per heavy atom. The molecule has 0 atom stereocenters. The van der Waals surface area contributed by atoms with Gasteiger partial charge in [0.15, 0.2) is 0 Å². The average molecular weight is 456 g/mol. The number of rotatable bonds is 6. The molecule has 2 aromatic carbocycles. The fourth-order valence-corrected chi connectivity index (χ4v) is 4.57. The summed E-state index contributed by atoms with van der Waals surface area (Å²) in [5.41, 5.74) is 0.642. The summed E-state index contributed by atoms with van der Waals surface area (Å²) >= 11 is 0. The lowest BCUT2D eigenvalue weighted by molar-refractivity contribution is -0.120. The maximum atomic E-state index is 13.3. The van der Waals surface area contributed by atoms with Gasteiger partial charge in [0.2, 0.25) is 11.9 Å². The molecule has 8 nitrogen and oxygen atoms in total. The fraction of sp³-hybridized carbons (Fsp3) is 0.227. The number of piperidine rings is 1. The molecule has 10 heteroatoms. The Hall–Kier alpha value is -3.53. The van der Waals surface area contributed by atoms with Gasteiger partial charge in [0.25, 0.3) is 10.0 Å². The molecule has 0 unspecified atom stereocenters. The standard InChI is InChI=1S/C22H22FN5O3S/c23-17-3-1-4-19(15-17)27-32(30,31)20-7-5-18(6-8-20)26-21(29)16-9-13-28(14-10-16)22-24-11-2-12-25-22/h1-8,11-12,15-16,27H,9-10,13-14H2,(H,26,29). The summed E-state index contributed by atoms with van der Waals surface area (Å²) in [4.78, 5) is 23.2. The molecule has 1 aliphatic rings. The molecule has 1 fully saturated rings. The number of amides is 1. The van der Waals surface area contributed by atoms with Crippen LogP contribution in [0.4, 0.5) is 21.7 Å². The number of carbonyl (C=O) groups is 1. The molecule has 0 bridgehead atoms. The van der Waals surface area contributed by atoms with Crippen LogP contribution in [0, 0.1) is 11.7 Å². The zero-order chi connectivity index (χ0) is 22.6. The second-order valence-corrected chi connectivity index (χ2v) is 9.12. The maximum Gasteiger partial charge on any atom is 0.261 e. The first-order valence-electron chi connectivity index (χ1n) is 10.1. The van der Waals surface area contributed by atoms with Gasteiger partial charge in [0.1, 0.15) is 5.82 Å². The highest BCUT2D eigenvalue weighted by molar-refractivity contribution is 7.92.